The molecule has 1 amide bonds. The van der Waals surface area contributed by atoms with Gasteiger partial charge in [0, 0.05) is 25.5 Å². The van der Waals surface area contributed by atoms with Crippen molar-refractivity contribution in [2.45, 2.75) is 26.4 Å². The number of hydrogen-bond acceptors (Lipinski definition) is 2. The molecule has 0 aliphatic heterocycles. The summed E-state index contributed by atoms with van der Waals surface area (Å²) in [7, 11) is 2.01. The van der Waals surface area contributed by atoms with E-state index in [1.54, 1.807) is 0 Å². The van der Waals surface area contributed by atoms with E-state index in [-0.39, 0.29) is 5.91 Å². The van der Waals surface area contributed by atoms with Gasteiger partial charge in [-0.25, -0.2) is 0 Å². The predicted octanol–water partition coefficient (Wildman–Crippen LogP) is 2.55. The highest BCUT2D eigenvalue weighted by molar-refractivity contribution is 5.78. The third kappa shape index (κ3) is 4.74. The van der Waals surface area contributed by atoms with Crippen molar-refractivity contribution in [3.63, 3.8) is 0 Å². The zero-order valence-corrected chi connectivity index (χ0v) is 13.5. The second-order valence-corrected chi connectivity index (χ2v) is 5.52. The Bertz CT molecular complexity index is 577. The summed E-state index contributed by atoms with van der Waals surface area (Å²) in [6.07, 6.45) is 3.04. The number of aromatic nitrogens is 1. The quantitative estimate of drug-likeness (QED) is 0.761. The fourth-order valence-electron chi connectivity index (χ4n) is 2.38. The highest BCUT2D eigenvalue weighted by atomic mass is 16.2. The Morgan fingerprint density at radius 1 is 1.14 bits per heavy atom. The van der Waals surface area contributed by atoms with Gasteiger partial charge in [-0.3, -0.25) is 4.79 Å². The van der Waals surface area contributed by atoms with Gasteiger partial charge in [0.25, 0.3) is 0 Å². The molecule has 0 saturated carbocycles. The van der Waals surface area contributed by atoms with Gasteiger partial charge >= 0.3 is 0 Å². The molecule has 0 spiro atoms. The number of nitrogens with one attached hydrogen (secondary N) is 1. The van der Waals surface area contributed by atoms with Crippen molar-refractivity contribution in [3.05, 3.63) is 59.9 Å². The largest absolute Gasteiger partial charge is 0.353 e. The number of carbonyl (C=O) groups is 1. The van der Waals surface area contributed by atoms with Crippen LogP contribution in [0.5, 0.6) is 0 Å². The van der Waals surface area contributed by atoms with Crippen LogP contribution in [0.25, 0.3) is 0 Å². The molecule has 0 unspecified atom stereocenters. The highest BCUT2D eigenvalue weighted by Crippen LogP contribution is 2.10. The van der Waals surface area contributed by atoms with Crippen LogP contribution in [0.2, 0.25) is 0 Å². The van der Waals surface area contributed by atoms with Crippen molar-refractivity contribution in [2.24, 2.45) is 7.05 Å². The normalized spacial score (nSPS) is 10.6. The minimum atomic E-state index is 0.138. The molecule has 0 aliphatic rings. The SMILES string of the molecule is CCCNCC(=O)N(Cc1ccccc1)Cc1cccn1C. The van der Waals surface area contributed by atoms with E-state index in [9.17, 15) is 4.79 Å². The van der Waals surface area contributed by atoms with Crippen molar-refractivity contribution >= 4 is 5.91 Å². The molecule has 0 bridgehead atoms. The van der Waals surface area contributed by atoms with Gasteiger partial charge in [-0.15, -0.1) is 0 Å². The molecule has 4 nitrogen and oxygen atoms in total. The van der Waals surface area contributed by atoms with Crippen LogP contribution in [0.3, 0.4) is 0 Å². The molecule has 1 N–H and O–H groups in total. The summed E-state index contributed by atoms with van der Waals surface area (Å²) in [5.74, 6) is 0.138. The zero-order chi connectivity index (χ0) is 15.8. The lowest BCUT2D eigenvalue weighted by molar-refractivity contribution is -0.131. The number of benzene rings is 1. The average Bonchev–Trinajstić information content (AvgIpc) is 2.93. The molecule has 1 heterocycles. The Morgan fingerprint density at radius 3 is 2.55 bits per heavy atom. The van der Waals surface area contributed by atoms with Gasteiger partial charge in [0.1, 0.15) is 0 Å². The van der Waals surface area contributed by atoms with E-state index in [1.807, 2.05) is 42.4 Å². The van der Waals surface area contributed by atoms with Gasteiger partial charge in [0.05, 0.1) is 13.1 Å². The number of aryl methyl sites for hydroxylation is 1. The van der Waals surface area contributed by atoms with E-state index in [2.05, 4.69) is 35.0 Å². The van der Waals surface area contributed by atoms with E-state index >= 15 is 0 Å². The topological polar surface area (TPSA) is 37.3 Å². The van der Waals surface area contributed by atoms with Crippen LogP contribution < -0.4 is 5.32 Å². The van der Waals surface area contributed by atoms with Crippen LogP contribution in [0.15, 0.2) is 48.7 Å². The summed E-state index contributed by atoms with van der Waals surface area (Å²) in [6, 6.07) is 14.2. The monoisotopic (exact) mass is 299 g/mol. The molecule has 0 saturated heterocycles. The maximum absolute atomic E-state index is 12.5. The lowest BCUT2D eigenvalue weighted by Crippen LogP contribution is -2.38. The summed E-state index contributed by atoms with van der Waals surface area (Å²) in [6.45, 7) is 4.63. The minimum absolute atomic E-state index is 0.138. The van der Waals surface area contributed by atoms with E-state index in [0.717, 1.165) is 24.2 Å². The zero-order valence-electron chi connectivity index (χ0n) is 13.5. The van der Waals surface area contributed by atoms with Gasteiger partial charge in [0.15, 0.2) is 0 Å². The van der Waals surface area contributed by atoms with Crippen molar-refractivity contribution in [3.8, 4) is 0 Å². The van der Waals surface area contributed by atoms with Gasteiger partial charge in [0.2, 0.25) is 5.91 Å². The molecule has 2 rings (SSSR count). The highest BCUT2D eigenvalue weighted by Gasteiger charge is 2.15. The maximum atomic E-state index is 12.5. The lowest BCUT2D eigenvalue weighted by atomic mass is 10.2. The molecule has 0 atom stereocenters. The summed E-state index contributed by atoms with van der Waals surface area (Å²) in [5, 5.41) is 3.20. The summed E-state index contributed by atoms with van der Waals surface area (Å²) in [5.41, 5.74) is 2.29. The van der Waals surface area contributed by atoms with Crippen molar-refractivity contribution in [1.82, 2.24) is 14.8 Å². The molecule has 22 heavy (non-hydrogen) atoms. The van der Waals surface area contributed by atoms with Gasteiger partial charge in [-0.05, 0) is 30.7 Å². The Kier molecular flexibility index (Phi) is 6.22. The second-order valence-electron chi connectivity index (χ2n) is 5.52. The van der Waals surface area contributed by atoms with Crippen LogP contribution in [0, 0.1) is 0 Å². The van der Waals surface area contributed by atoms with Crippen LogP contribution in [-0.4, -0.2) is 28.5 Å². The Labute approximate surface area is 132 Å². The third-order valence-corrected chi connectivity index (χ3v) is 3.68. The van der Waals surface area contributed by atoms with Crippen LogP contribution >= 0.6 is 0 Å². The van der Waals surface area contributed by atoms with Crippen LogP contribution in [0.1, 0.15) is 24.6 Å². The molecule has 0 radical (unpaired) electrons. The van der Waals surface area contributed by atoms with E-state index in [0.29, 0.717) is 19.6 Å². The molecule has 0 fully saturated rings. The smallest absolute Gasteiger partial charge is 0.237 e. The second kappa shape index (κ2) is 8.39. The number of amides is 1. The standard InChI is InChI=1S/C18H25N3O/c1-3-11-19-13-18(22)21(14-16-8-5-4-6-9-16)15-17-10-7-12-20(17)2/h4-10,12,19H,3,11,13-15H2,1-2H3. The predicted molar refractivity (Wildman–Crippen MR) is 89.3 cm³/mol. The Morgan fingerprint density at radius 2 is 1.91 bits per heavy atom. The molecule has 2 aromatic rings. The maximum Gasteiger partial charge on any atom is 0.237 e. The third-order valence-electron chi connectivity index (χ3n) is 3.68. The number of carbonyl (C=O) groups excluding carboxylic acids is 1. The molecule has 0 aliphatic carbocycles. The fourth-order valence-corrected chi connectivity index (χ4v) is 2.38. The molecule has 118 valence electrons. The van der Waals surface area contributed by atoms with Gasteiger partial charge in [-0.2, -0.15) is 0 Å². The number of rotatable bonds is 8. The summed E-state index contributed by atoms with van der Waals surface area (Å²) < 4.78 is 2.06. The summed E-state index contributed by atoms with van der Waals surface area (Å²) in [4.78, 5) is 14.4. The van der Waals surface area contributed by atoms with Gasteiger partial charge in [-0.1, -0.05) is 37.3 Å². The average molecular weight is 299 g/mol. The Balaban J connectivity index is 2.06. The van der Waals surface area contributed by atoms with Crippen molar-refractivity contribution in [2.75, 3.05) is 13.1 Å². The van der Waals surface area contributed by atoms with Crippen molar-refractivity contribution in [1.29, 1.82) is 0 Å². The van der Waals surface area contributed by atoms with Crippen LogP contribution in [0.4, 0.5) is 0 Å². The first-order valence-electron chi connectivity index (χ1n) is 7.83. The van der Waals surface area contributed by atoms with E-state index in [4.69, 9.17) is 0 Å². The van der Waals surface area contributed by atoms with Crippen LogP contribution in [-0.2, 0) is 24.9 Å². The molecular formula is C18H25N3O. The van der Waals surface area contributed by atoms with Gasteiger partial charge < -0.3 is 14.8 Å². The number of hydrogen-bond donors (Lipinski definition) is 1. The summed E-state index contributed by atoms with van der Waals surface area (Å²) >= 11 is 0. The van der Waals surface area contributed by atoms with E-state index < -0.39 is 0 Å². The first-order valence-corrected chi connectivity index (χ1v) is 7.83. The Hall–Kier alpha value is -2.07. The molecule has 4 heteroatoms. The molecule has 1 aromatic carbocycles. The molecule has 1 aromatic heterocycles. The van der Waals surface area contributed by atoms with E-state index in [1.165, 1.54) is 0 Å². The minimum Gasteiger partial charge on any atom is -0.353 e. The van der Waals surface area contributed by atoms with Crippen molar-refractivity contribution < 1.29 is 4.79 Å². The first-order chi connectivity index (χ1) is 10.7. The fraction of sp³-hybridized carbons (Fsp3) is 0.389. The lowest BCUT2D eigenvalue weighted by Gasteiger charge is -2.23. The number of nitrogens with zero attached hydrogens (tertiary/aromatic N) is 2. The first kappa shape index (κ1) is 16.3. The molecular weight excluding hydrogens is 274 g/mol.